The normalized spacial score (nSPS) is 11.5. The number of rotatable bonds is 6. The molecule has 0 unspecified atom stereocenters. The van der Waals surface area contributed by atoms with Gasteiger partial charge < -0.3 is 10.1 Å². The minimum atomic E-state index is -3.60. The SMILES string of the molecule is COc1cc(Cl)c(C)cc1NC(=O)c1ccc(S(=O)(=O)NC(C)C)cc1. The summed E-state index contributed by atoms with van der Waals surface area (Å²) in [6.45, 7) is 5.29. The van der Waals surface area contributed by atoms with Gasteiger partial charge in [0.15, 0.2) is 0 Å². The molecule has 2 N–H and O–H groups in total. The van der Waals surface area contributed by atoms with Crippen LogP contribution in [0.3, 0.4) is 0 Å². The maximum atomic E-state index is 12.5. The summed E-state index contributed by atoms with van der Waals surface area (Å²) in [5.74, 6) is 0.0556. The third-order valence-electron chi connectivity index (χ3n) is 3.55. The number of hydrogen-bond acceptors (Lipinski definition) is 4. The summed E-state index contributed by atoms with van der Waals surface area (Å²) in [6, 6.07) is 8.82. The predicted molar refractivity (Wildman–Crippen MR) is 103 cm³/mol. The number of halogens is 1. The Balaban J connectivity index is 2.23. The van der Waals surface area contributed by atoms with E-state index in [4.69, 9.17) is 16.3 Å². The van der Waals surface area contributed by atoms with Crippen molar-refractivity contribution in [2.24, 2.45) is 0 Å². The van der Waals surface area contributed by atoms with E-state index in [0.29, 0.717) is 22.0 Å². The summed E-state index contributed by atoms with van der Waals surface area (Å²) in [5, 5.41) is 3.28. The van der Waals surface area contributed by atoms with E-state index in [1.165, 1.54) is 31.4 Å². The first-order chi connectivity index (χ1) is 12.1. The molecule has 0 bridgehead atoms. The summed E-state index contributed by atoms with van der Waals surface area (Å²) in [7, 11) is -2.11. The number of carbonyl (C=O) groups is 1. The number of nitrogens with one attached hydrogen (secondary N) is 2. The van der Waals surface area contributed by atoms with Gasteiger partial charge in [-0.3, -0.25) is 4.79 Å². The van der Waals surface area contributed by atoms with Crippen LogP contribution >= 0.6 is 11.6 Å². The zero-order valence-electron chi connectivity index (χ0n) is 15.0. The molecule has 0 heterocycles. The zero-order valence-corrected chi connectivity index (χ0v) is 16.5. The lowest BCUT2D eigenvalue weighted by Gasteiger charge is -2.13. The van der Waals surface area contributed by atoms with E-state index in [1.54, 1.807) is 26.0 Å². The van der Waals surface area contributed by atoms with Crippen molar-refractivity contribution in [3.63, 3.8) is 0 Å². The van der Waals surface area contributed by atoms with Crippen LogP contribution < -0.4 is 14.8 Å². The van der Waals surface area contributed by atoms with Crippen LogP contribution in [0.2, 0.25) is 5.02 Å². The molecule has 2 aromatic carbocycles. The molecule has 0 saturated carbocycles. The Kier molecular flexibility index (Phi) is 6.28. The first kappa shape index (κ1) is 20.2. The predicted octanol–water partition coefficient (Wildman–Crippen LogP) is 3.60. The Hall–Kier alpha value is -2.09. The van der Waals surface area contributed by atoms with Crippen molar-refractivity contribution in [1.82, 2.24) is 4.72 Å². The van der Waals surface area contributed by atoms with Crippen molar-refractivity contribution in [2.45, 2.75) is 31.7 Å². The van der Waals surface area contributed by atoms with Gasteiger partial charge in [0.1, 0.15) is 5.75 Å². The maximum absolute atomic E-state index is 12.5. The Morgan fingerprint density at radius 3 is 2.31 bits per heavy atom. The number of carbonyl (C=O) groups excluding carboxylic acids is 1. The third-order valence-corrected chi connectivity index (χ3v) is 5.63. The number of hydrogen-bond donors (Lipinski definition) is 2. The van der Waals surface area contributed by atoms with Crippen LogP contribution in [0.5, 0.6) is 5.75 Å². The second-order valence-electron chi connectivity index (χ2n) is 6.06. The second kappa shape index (κ2) is 8.07. The molecule has 0 atom stereocenters. The van der Waals surface area contributed by atoms with E-state index < -0.39 is 10.0 Å². The summed E-state index contributed by atoms with van der Waals surface area (Å²) in [4.78, 5) is 12.6. The van der Waals surface area contributed by atoms with Gasteiger partial charge in [0.2, 0.25) is 10.0 Å². The summed E-state index contributed by atoms with van der Waals surface area (Å²) < 4.78 is 32.0. The molecule has 0 aliphatic heterocycles. The van der Waals surface area contributed by atoms with Crippen LogP contribution in [0.25, 0.3) is 0 Å². The fraction of sp³-hybridized carbons (Fsp3) is 0.278. The lowest BCUT2D eigenvalue weighted by atomic mass is 10.1. The van der Waals surface area contributed by atoms with E-state index in [2.05, 4.69) is 10.0 Å². The molecule has 0 radical (unpaired) electrons. The molecule has 140 valence electrons. The highest BCUT2D eigenvalue weighted by molar-refractivity contribution is 7.89. The Morgan fingerprint density at radius 1 is 1.15 bits per heavy atom. The van der Waals surface area contributed by atoms with E-state index in [9.17, 15) is 13.2 Å². The Bertz CT molecular complexity index is 910. The molecule has 26 heavy (non-hydrogen) atoms. The zero-order chi connectivity index (χ0) is 19.5. The largest absolute Gasteiger partial charge is 0.495 e. The number of amides is 1. The second-order valence-corrected chi connectivity index (χ2v) is 8.18. The Labute approximate surface area is 158 Å². The smallest absolute Gasteiger partial charge is 0.255 e. The average Bonchev–Trinajstić information content (AvgIpc) is 2.57. The van der Waals surface area contributed by atoms with Crippen molar-refractivity contribution in [3.8, 4) is 5.75 Å². The number of benzene rings is 2. The average molecular weight is 397 g/mol. The van der Waals surface area contributed by atoms with Gasteiger partial charge >= 0.3 is 0 Å². The fourth-order valence-electron chi connectivity index (χ4n) is 2.29. The number of aryl methyl sites for hydroxylation is 1. The van der Waals surface area contributed by atoms with Gasteiger partial charge in [-0.2, -0.15) is 0 Å². The summed E-state index contributed by atoms with van der Waals surface area (Å²) in [6.07, 6.45) is 0. The van der Waals surface area contributed by atoms with Crippen LogP contribution in [0, 0.1) is 6.92 Å². The molecule has 1 amide bonds. The molecular weight excluding hydrogens is 376 g/mol. The van der Waals surface area contributed by atoms with Crippen molar-refractivity contribution in [1.29, 1.82) is 0 Å². The molecule has 2 aromatic rings. The van der Waals surface area contributed by atoms with E-state index in [1.807, 2.05) is 6.92 Å². The molecule has 8 heteroatoms. The number of ether oxygens (including phenoxy) is 1. The highest BCUT2D eigenvalue weighted by atomic mass is 35.5. The molecule has 0 fully saturated rings. The number of sulfonamides is 1. The van der Waals surface area contributed by atoms with Crippen LogP contribution in [-0.4, -0.2) is 27.5 Å². The quantitative estimate of drug-likeness (QED) is 0.781. The Morgan fingerprint density at radius 2 is 1.77 bits per heavy atom. The fourth-order valence-corrected chi connectivity index (χ4v) is 3.69. The van der Waals surface area contributed by atoms with Crippen molar-refractivity contribution in [2.75, 3.05) is 12.4 Å². The third kappa shape index (κ3) is 4.75. The lowest BCUT2D eigenvalue weighted by molar-refractivity contribution is 0.102. The molecule has 0 saturated heterocycles. The molecule has 6 nitrogen and oxygen atoms in total. The monoisotopic (exact) mass is 396 g/mol. The van der Waals surface area contributed by atoms with Crippen molar-refractivity contribution >= 4 is 33.2 Å². The molecular formula is C18H21ClN2O4S. The minimum Gasteiger partial charge on any atom is -0.495 e. The first-order valence-electron chi connectivity index (χ1n) is 7.92. The van der Waals surface area contributed by atoms with Gasteiger partial charge in [0.25, 0.3) is 5.91 Å². The van der Waals surface area contributed by atoms with Gasteiger partial charge in [0.05, 0.1) is 17.7 Å². The van der Waals surface area contributed by atoms with Gasteiger partial charge in [0, 0.05) is 22.7 Å². The number of methoxy groups -OCH3 is 1. The summed E-state index contributed by atoms with van der Waals surface area (Å²) in [5.41, 5.74) is 1.60. The van der Waals surface area contributed by atoms with Crippen LogP contribution in [0.15, 0.2) is 41.3 Å². The van der Waals surface area contributed by atoms with Crippen LogP contribution in [0.4, 0.5) is 5.69 Å². The van der Waals surface area contributed by atoms with Gasteiger partial charge in [-0.05, 0) is 56.7 Å². The summed E-state index contributed by atoms with van der Waals surface area (Å²) >= 11 is 6.06. The van der Waals surface area contributed by atoms with Gasteiger partial charge in [-0.25, -0.2) is 13.1 Å². The molecule has 0 spiro atoms. The van der Waals surface area contributed by atoms with E-state index in [0.717, 1.165) is 5.56 Å². The van der Waals surface area contributed by atoms with Crippen molar-refractivity contribution < 1.29 is 17.9 Å². The van der Waals surface area contributed by atoms with Crippen LogP contribution in [0.1, 0.15) is 29.8 Å². The van der Waals surface area contributed by atoms with E-state index in [-0.39, 0.29) is 16.8 Å². The van der Waals surface area contributed by atoms with Gasteiger partial charge in [-0.1, -0.05) is 11.6 Å². The van der Waals surface area contributed by atoms with Gasteiger partial charge in [-0.15, -0.1) is 0 Å². The van der Waals surface area contributed by atoms with Crippen molar-refractivity contribution in [3.05, 3.63) is 52.5 Å². The standard InChI is InChI=1S/C18H21ClN2O4S/c1-11(2)21-26(23,24)14-7-5-13(6-8-14)18(22)20-16-9-12(3)15(19)10-17(16)25-4/h5-11,21H,1-4H3,(H,20,22). The minimum absolute atomic E-state index is 0.0997. The highest BCUT2D eigenvalue weighted by Crippen LogP contribution is 2.31. The molecule has 0 aromatic heterocycles. The van der Waals surface area contributed by atoms with E-state index >= 15 is 0 Å². The first-order valence-corrected chi connectivity index (χ1v) is 9.78. The molecule has 0 aliphatic carbocycles. The molecule has 2 rings (SSSR count). The maximum Gasteiger partial charge on any atom is 0.255 e. The van der Waals surface area contributed by atoms with Crippen LogP contribution in [-0.2, 0) is 10.0 Å². The highest BCUT2D eigenvalue weighted by Gasteiger charge is 2.17. The topological polar surface area (TPSA) is 84.5 Å². The lowest BCUT2D eigenvalue weighted by Crippen LogP contribution is -2.30. The number of anilines is 1. The molecule has 0 aliphatic rings.